The highest BCUT2D eigenvalue weighted by Gasteiger charge is 2.51. The van der Waals surface area contributed by atoms with E-state index in [2.05, 4.69) is 50.2 Å². The summed E-state index contributed by atoms with van der Waals surface area (Å²) in [5.74, 6) is 0. The predicted octanol–water partition coefficient (Wildman–Crippen LogP) is 4.03. The van der Waals surface area contributed by atoms with Gasteiger partial charge in [0.25, 0.3) is 0 Å². The summed E-state index contributed by atoms with van der Waals surface area (Å²) in [6.45, 7) is 4.25. The Labute approximate surface area is 106 Å². The van der Waals surface area contributed by atoms with Gasteiger partial charge in [0, 0.05) is 0 Å². The van der Waals surface area contributed by atoms with Crippen molar-refractivity contribution in [3.05, 3.63) is 47.5 Å². The van der Waals surface area contributed by atoms with E-state index in [4.69, 9.17) is 9.78 Å². The van der Waals surface area contributed by atoms with E-state index in [9.17, 15) is 0 Å². The number of rotatable bonds is 0. The molecule has 2 heteroatoms. The van der Waals surface area contributed by atoms with Gasteiger partial charge in [-0.3, -0.25) is 0 Å². The molecule has 18 heavy (non-hydrogen) atoms. The van der Waals surface area contributed by atoms with Gasteiger partial charge in [-0.15, -0.1) is 0 Å². The minimum absolute atomic E-state index is 0.281. The quantitative estimate of drug-likeness (QED) is 0.647. The standard InChI is InChI=1S/C16H16O2/c1-15-7-8-16(2,18-17-15)14-10-12-6-4-3-5-11(12)9-13(14)15/h3-6,9-10H,7-8H2,1-2H3. The third kappa shape index (κ3) is 1.20. The molecule has 2 unspecified atom stereocenters. The van der Waals surface area contributed by atoms with E-state index in [1.54, 1.807) is 0 Å². The van der Waals surface area contributed by atoms with Crippen LogP contribution in [0.3, 0.4) is 0 Å². The Morgan fingerprint density at radius 3 is 1.67 bits per heavy atom. The van der Waals surface area contributed by atoms with Crippen LogP contribution in [0.5, 0.6) is 0 Å². The molecule has 3 aliphatic rings. The van der Waals surface area contributed by atoms with Gasteiger partial charge in [-0.1, -0.05) is 24.3 Å². The van der Waals surface area contributed by atoms with E-state index in [0.29, 0.717) is 0 Å². The van der Waals surface area contributed by atoms with Crippen LogP contribution in [0.1, 0.15) is 37.8 Å². The van der Waals surface area contributed by atoms with E-state index in [-0.39, 0.29) is 11.2 Å². The molecule has 5 rings (SSSR count). The van der Waals surface area contributed by atoms with Crippen molar-refractivity contribution in [2.75, 3.05) is 0 Å². The van der Waals surface area contributed by atoms with Gasteiger partial charge in [0.05, 0.1) is 0 Å². The van der Waals surface area contributed by atoms with Gasteiger partial charge < -0.3 is 0 Å². The zero-order valence-electron chi connectivity index (χ0n) is 10.7. The second-order valence-electron chi connectivity index (χ2n) is 5.87. The van der Waals surface area contributed by atoms with Crippen LogP contribution in [0.25, 0.3) is 10.8 Å². The summed E-state index contributed by atoms with van der Waals surface area (Å²) in [6.07, 6.45) is 2.05. The predicted molar refractivity (Wildman–Crippen MR) is 70.1 cm³/mol. The average molecular weight is 240 g/mol. The number of hydrogen-bond donors (Lipinski definition) is 0. The fourth-order valence-electron chi connectivity index (χ4n) is 3.22. The number of hydrogen-bond acceptors (Lipinski definition) is 2. The van der Waals surface area contributed by atoms with Gasteiger partial charge in [0.2, 0.25) is 0 Å². The van der Waals surface area contributed by atoms with E-state index in [1.807, 2.05) is 0 Å². The van der Waals surface area contributed by atoms with Gasteiger partial charge in [-0.25, -0.2) is 9.78 Å². The maximum absolute atomic E-state index is 5.64. The van der Waals surface area contributed by atoms with Crippen LogP contribution in [-0.2, 0) is 21.0 Å². The molecule has 2 bridgehead atoms. The van der Waals surface area contributed by atoms with Crippen LogP contribution in [0.2, 0.25) is 0 Å². The van der Waals surface area contributed by atoms with Crippen molar-refractivity contribution in [1.29, 1.82) is 0 Å². The van der Waals surface area contributed by atoms with E-state index in [0.717, 1.165) is 12.8 Å². The van der Waals surface area contributed by atoms with Gasteiger partial charge >= 0.3 is 0 Å². The second-order valence-corrected chi connectivity index (χ2v) is 5.87. The van der Waals surface area contributed by atoms with Crippen molar-refractivity contribution < 1.29 is 9.78 Å². The first kappa shape index (κ1) is 10.5. The molecule has 0 N–H and O–H groups in total. The van der Waals surface area contributed by atoms with Crippen LogP contribution in [0, 0.1) is 0 Å². The molecule has 2 aromatic rings. The van der Waals surface area contributed by atoms with Crippen LogP contribution in [0.4, 0.5) is 0 Å². The Hall–Kier alpha value is -1.38. The molecular weight excluding hydrogens is 224 g/mol. The Kier molecular flexibility index (Phi) is 1.84. The number of benzene rings is 2. The zero-order chi connectivity index (χ0) is 12.4. The summed E-state index contributed by atoms with van der Waals surface area (Å²) in [6, 6.07) is 13.0. The Morgan fingerprint density at radius 1 is 0.833 bits per heavy atom. The number of fused-ring (bicyclic) bond motifs is 3. The van der Waals surface area contributed by atoms with E-state index < -0.39 is 0 Å². The fourth-order valence-corrected chi connectivity index (χ4v) is 3.22. The zero-order valence-corrected chi connectivity index (χ0v) is 10.7. The normalized spacial score (nSPS) is 33.7. The summed E-state index contributed by atoms with van der Waals surface area (Å²) in [5.41, 5.74) is 2.02. The summed E-state index contributed by atoms with van der Waals surface area (Å²) in [7, 11) is 0. The molecule has 0 saturated carbocycles. The summed E-state index contributed by atoms with van der Waals surface area (Å²) in [4.78, 5) is 11.3. The fraction of sp³-hybridized carbons (Fsp3) is 0.375. The van der Waals surface area contributed by atoms with Gasteiger partial charge in [-0.05, 0) is 60.7 Å². The van der Waals surface area contributed by atoms with Crippen molar-refractivity contribution in [3.8, 4) is 0 Å². The highest BCUT2D eigenvalue weighted by Crippen LogP contribution is 2.53. The first-order valence-electron chi connectivity index (χ1n) is 6.51. The van der Waals surface area contributed by atoms with Gasteiger partial charge in [0.15, 0.2) is 0 Å². The Balaban J connectivity index is 2.09. The molecule has 0 aromatic heterocycles. The highest BCUT2D eigenvalue weighted by molar-refractivity contribution is 5.84. The average Bonchev–Trinajstić information content (AvgIpc) is 2.40. The summed E-state index contributed by atoms with van der Waals surface area (Å²) >= 11 is 0. The van der Waals surface area contributed by atoms with Crippen molar-refractivity contribution in [2.45, 2.75) is 37.9 Å². The molecule has 2 heterocycles. The molecule has 0 radical (unpaired) electrons. The van der Waals surface area contributed by atoms with Gasteiger partial charge in [0.1, 0.15) is 11.2 Å². The minimum Gasteiger partial charge on any atom is -0.225 e. The first-order chi connectivity index (χ1) is 8.61. The molecule has 2 atom stereocenters. The molecule has 0 spiro atoms. The molecule has 2 aromatic carbocycles. The van der Waals surface area contributed by atoms with Crippen LogP contribution in [-0.4, -0.2) is 0 Å². The van der Waals surface area contributed by atoms with Gasteiger partial charge in [-0.2, -0.15) is 0 Å². The summed E-state index contributed by atoms with van der Waals surface area (Å²) < 4.78 is 0. The minimum atomic E-state index is -0.281. The molecule has 1 saturated heterocycles. The Morgan fingerprint density at radius 2 is 1.28 bits per heavy atom. The van der Waals surface area contributed by atoms with Crippen LogP contribution < -0.4 is 0 Å². The first-order valence-corrected chi connectivity index (χ1v) is 6.51. The Bertz CT molecular complexity index is 580. The third-order valence-electron chi connectivity index (χ3n) is 4.51. The molecule has 92 valence electrons. The molecular formula is C16H16O2. The van der Waals surface area contributed by atoms with E-state index in [1.165, 1.54) is 21.9 Å². The molecule has 2 aliphatic heterocycles. The molecule has 1 aliphatic carbocycles. The maximum Gasteiger partial charge on any atom is 0.126 e. The molecule has 0 amide bonds. The summed E-state index contributed by atoms with van der Waals surface area (Å²) in [5, 5.41) is 2.55. The van der Waals surface area contributed by atoms with Crippen molar-refractivity contribution in [2.24, 2.45) is 0 Å². The van der Waals surface area contributed by atoms with Crippen molar-refractivity contribution >= 4 is 10.8 Å². The third-order valence-corrected chi connectivity index (χ3v) is 4.51. The SMILES string of the molecule is CC12CCC(C)(OO1)c1cc3ccccc3cc12. The topological polar surface area (TPSA) is 18.5 Å². The maximum atomic E-state index is 5.64. The van der Waals surface area contributed by atoms with Crippen LogP contribution in [0.15, 0.2) is 36.4 Å². The molecule has 2 nitrogen and oxygen atoms in total. The lowest BCUT2D eigenvalue weighted by Crippen LogP contribution is -2.47. The van der Waals surface area contributed by atoms with Crippen molar-refractivity contribution in [1.82, 2.24) is 0 Å². The largest absolute Gasteiger partial charge is 0.225 e. The smallest absolute Gasteiger partial charge is 0.126 e. The second kappa shape index (κ2) is 3.14. The monoisotopic (exact) mass is 240 g/mol. The lowest BCUT2D eigenvalue weighted by Gasteiger charge is -2.49. The lowest BCUT2D eigenvalue weighted by atomic mass is 9.71. The van der Waals surface area contributed by atoms with Crippen LogP contribution >= 0.6 is 0 Å². The molecule has 1 fully saturated rings. The van der Waals surface area contributed by atoms with E-state index >= 15 is 0 Å². The van der Waals surface area contributed by atoms with Crippen molar-refractivity contribution in [3.63, 3.8) is 0 Å². The highest BCUT2D eigenvalue weighted by atomic mass is 17.2. The lowest BCUT2D eigenvalue weighted by molar-refractivity contribution is -0.455.